The molecule has 0 bridgehead atoms. The lowest BCUT2D eigenvalue weighted by Gasteiger charge is -2.16. The predicted octanol–water partition coefficient (Wildman–Crippen LogP) is 1.93. The zero-order chi connectivity index (χ0) is 17.9. The highest BCUT2D eigenvalue weighted by Crippen LogP contribution is 2.28. The first-order valence-corrected chi connectivity index (χ1v) is 8.14. The summed E-state index contributed by atoms with van der Waals surface area (Å²) >= 11 is 0. The third-order valence-electron chi connectivity index (χ3n) is 3.22. The molecule has 0 saturated carbocycles. The summed E-state index contributed by atoms with van der Waals surface area (Å²) in [6.45, 7) is 6.48. The Morgan fingerprint density at radius 3 is 2.71 bits per heavy atom. The lowest BCUT2D eigenvalue weighted by molar-refractivity contribution is -0.119. The van der Waals surface area contributed by atoms with E-state index < -0.39 is 6.10 Å². The van der Waals surface area contributed by atoms with Gasteiger partial charge in [-0.25, -0.2) is 0 Å². The van der Waals surface area contributed by atoms with E-state index in [1.54, 1.807) is 32.4 Å². The Hall–Kier alpha value is -2.05. The van der Waals surface area contributed by atoms with E-state index in [9.17, 15) is 9.90 Å². The van der Waals surface area contributed by atoms with Gasteiger partial charge in [-0.3, -0.25) is 4.79 Å². The Morgan fingerprint density at radius 2 is 2.08 bits per heavy atom. The first kappa shape index (κ1) is 20.0. The number of carbonyl (C=O) groups excluding carboxylic acids is 1. The number of amides is 1. The average Bonchev–Trinajstić information content (AvgIpc) is 2.58. The monoisotopic (exact) mass is 336 g/mol. The van der Waals surface area contributed by atoms with Gasteiger partial charge >= 0.3 is 0 Å². The van der Waals surface area contributed by atoms with Crippen LogP contribution in [0.1, 0.15) is 32.8 Å². The molecule has 1 aromatic carbocycles. The lowest BCUT2D eigenvalue weighted by atomic mass is 10.2. The van der Waals surface area contributed by atoms with Crippen LogP contribution < -0.4 is 20.1 Å². The van der Waals surface area contributed by atoms with Crippen molar-refractivity contribution in [3.63, 3.8) is 0 Å². The van der Waals surface area contributed by atoms with Gasteiger partial charge in [-0.15, -0.1) is 0 Å². The number of aliphatic hydroxyl groups is 1. The Kier molecular flexibility index (Phi) is 8.89. The minimum absolute atomic E-state index is 0.0397. The number of benzene rings is 1. The molecule has 0 radical (unpaired) electrons. The van der Waals surface area contributed by atoms with Crippen molar-refractivity contribution < 1.29 is 19.4 Å². The molecule has 1 amide bonds. The number of methoxy groups -OCH3 is 1. The van der Waals surface area contributed by atoms with Crippen molar-refractivity contribution in [1.29, 1.82) is 0 Å². The van der Waals surface area contributed by atoms with Crippen molar-refractivity contribution >= 4 is 12.0 Å². The van der Waals surface area contributed by atoms with Crippen molar-refractivity contribution in [2.75, 3.05) is 20.3 Å². The van der Waals surface area contributed by atoms with Gasteiger partial charge in [0.05, 0.1) is 7.11 Å². The normalized spacial score (nSPS) is 12.4. The van der Waals surface area contributed by atoms with Crippen LogP contribution in [0, 0.1) is 0 Å². The molecular formula is C18H28N2O4. The van der Waals surface area contributed by atoms with Gasteiger partial charge in [0.25, 0.3) is 0 Å². The van der Waals surface area contributed by atoms with Crippen LogP contribution in [-0.4, -0.2) is 43.4 Å². The predicted molar refractivity (Wildman–Crippen MR) is 95.1 cm³/mol. The highest BCUT2D eigenvalue weighted by molar-refractivity contribution is 5.77. The van der Waals surface area contributed by atoms with E-state index in [4.69, 9.17) is 9.47 Å². The van der Waals surface area contributed by atoms with Gasteiger partial charge in [-0.05, 0) is 23.8 Å². The van der Waals surface area contributed by atoms with Crippen LogP contribution in [0.25, 0.3) is 6.08 Å². The molecule has 0 aliphatic carbocycles. The minimum Gasteiger partial charge on any atom is -0.493 e. The highest BCUT2D eigenvalue weighted by Gasteiger charge is 2.09. The molecule has 6 nitrogen and oxygen atoms in total. The fourth-order valence-electron chi connectivity index (χ4n) is 1.86. The van der Waals surface area contributed by atoms with Crippen molar-refractivity contribution in [1.82, 2.24) is 10.6 Å². The molecule has 0 spiro atoms. The summed E-state index contributed by atoms with van der Waals surface area (Å²) in [5, 5.41) is 15.7. The van der Waals surface area contributed by atoms with E-state index in [1.165, 1.54) is 0 Å². The topological polar surface area (TPSA) is 79.8 Å². The lowest BCUT2D eigenvalue weighted by Crippen LogP contribution is -2.35. The van der Waals surface area contributed by atoms with Crippen molar-refractivity contribution in [3.8, 4) is 11.5 Å². The highest BCUT2D eigenvalue weighted by atomic mass is 16.5. The Labute approximate surface area is 143 Å². The standard InChI is InChI=1S/C18H28N2O4/c1-5-18(22)19-9-8-14-6-7-16(17(10-14)23-4)24-12-15(21)11-20-13(2)3/h6-10,13,15,20-21H,5,11-12H2,1-4H3,(H,19,22)/b9-8+. The molecule has 1 rings (SSSR count). The molecule has 134 valence electrons. The molecule has 1 atom stereocenters. The van der Waals surface area contributed by atoms with Crippen LogP contribution in [0.5, 0.6) is 11.5 Å². The van der Waals surface area contributed by atoms with Gasteiger partial charge in [-0.2, -0.15) is 0 Å². The van der Waals surface area contributed by atoms with E-state index in [2.05, 4.69) is 10.6 Å². The van der Waals surface area contributed by atoms with Crippen molar-refractivity contribution in [2.45, 2.75) is 39.3 Å². The third-order valence-corrected chi connectivity index (χ3v) is 3.22. The first-order chi connectivity index (χ1) is 11.5. The summed E-state index contributed by atoms with van der Waals surface area (Å²) in [4.78, 5) is 11.2. The van der Waals surface area contributed by atoms with Gasteiger partial charge in [0.2, 0.25) is 5.91 Å². The quantitative estimate of drug-likeness (QED) is 0.608. The van der Waals surface area contributed by atoms with Gasteiger partial charge in [-0.1, -0.05) is 26.8 Å². The summed E-state index contributed by atoms with van der Waals surface area (Å²) in [7, 11) is 1.56. The Balaban J connectivity index is 2.61. The maximum absolute atomic E-state index is 11.2. The van der Waals surface area contributed by atoms with E-state index in [-0.39, 0.29) is 12.5 Å². The molecule has 0 heterocycles. The maximum atomic E-state index is 11.2. The Morgan fingerprint density at radius 1 is 1.33 bits per heavy atom. The van der Waals surface area contributed by atoms with Gasteiger partial charge in [0, 0.05) is 25.2 Å². The largest absolute Gasteiger partial charge is 0.493 e. The van der Waals surface area contributed by atoms with Gasteiger partial charge in [0.1, 0.15) is 12.7 Å². The number of ether oxygens (including phenoxy) is 2. The number of hydrogen-bond acceptors (Lipinski definition) is 5. The molecule has 3 N–H and O–H groups in total. The summed E-state index contributed by atoms with van der Waals surface area (Å²) in [6.07, 6.45) is 3.22. The summed E-state index contributed by atoms with van der Waals surface area (Å²) in [6, 6.07) is 5.75. The molecular weight excluding hydrogens is 308 g/mol. The van der Waals surface area contributed by atoms with E-state index >= 15 is 0 Å². The van der Waals surface area contributed by atoms with E-state index in [1.807, 2.05) is 26.0 Å². The second kappa shape index (κ2) is 10.7. The van der Waals surface area contributed by atoms with Crippen LogP contribution in [0.15, 0.2) is 24.4 Å². The van der Waals surface area contributed by atoms with Crippen molar-refractivity contribution in [2.24, 2.45) is 0 Å². The molecule has 1 unspecified atom stereocenters. The van der Waals surface area contributed by atoms with Crippen LogP contribution in [-0.2, 0) is 4.79 Å². The first-order valence-electron chi connectivity index (χ1n) is 8.14. The number of aliphatic hydroxyl groups excluding tert-OH is 1. The molecule has 0 fully saturated rings. The second-order valence-electron chi connectivity index (χ2n) is 5.69. The van der Waals surface area contributed by atoms with Crippen LogP contribution in [0.2, 0.25) is 0 Å². The van der Waals surface area contributed by atoms with Gasteiger partial charge < -0.3 is 25.2 Å². The number of nitrogens with one attached hydrogen (secondary N) is 2. The number of hydrogen-bond donors (Lipinski definition) is 3. The van der Waals surface area contributed by atoms with Crippen LogP contribution in [0.3, 0.4) is 0 Å². The smallest absolute Gasteiger partial charge is 0.223 e. The fraction of sp³-hybridized carbons (Fsp3) is 0.500. The average molecular weight is 336 g/mol. The van der Waals surface area contributed by atoms with E-state index in [0.717, 1.165) is 5.56 Å². The summed E-state index contributed by atoms with van der Waals surface area (Å²) in [5.41, 5.74) is 0.873. The second-order valence-corrected chi connectivity index (χ2v) is 5.69. The molecule has 0 aliphatic heterocycles. The molecule has 6 heteroatoms. The summed E-state index contributed by atoms with van der Waals surface area (Å²) < 4.78 is 10.9. The van der Waals surface area contributed by atoms with Crippen LogP contribution in [0.4, 0.5) is 0 Å². The SMILES string of the molecule is CCC(=O)N/C=C/c1ccc(OCC(O)CNC(C)C)c(OC)c1. The number of carbonyl (C=O) groups is 1. The zero-order valence-corrected chi connectivity index (χ0v) is 14.8. The number of rotatable bonds is 10. The molecule has 0 aliphatic rings. The summed E-state index contributed by atoms with van der Waals surface area (Å²) in [5.74, 6) is 1.10. The Bertz CT molecular complexity index is 544. The molecule has 1 aromatic rings. The van der Waals surface area contributed by atoms with Crippen LogP contribution >= 0.6 is 0 Å². The third kappa shape index (κ3) is 7.48. The molecule has 0 saturated heterocycles. The van der Waals surface area contributed by atoms with E-state index in [0.29, 0.717) is 30.5 Å². The zero-order valence-electron chi connectivity index (χ0n) is 14.8. The minimum atomic E-state index is -0.596. The van der Waals surface area contributed by atoms with Gasteiger partial charge in [0.15, 0.2) is 11.5 Å². The van der Waals surface area contributed by atoms with Crippen molar-refractivity contribution in [3.05, 3.63) is 30.0 Å². The molecule has 0 aromatic heterocycles. The molecule has 24 heavy (non-hydrogen) atoms. The maximum Gasteiger partial charge on any atom is 0.223 e. The fourth-order valence-corrected chi connectivity index (χ4v) is 1.86.